The lowest BCUT2D eigenvalue weighted by Crippen LogP contribution is -2.40. The molecule has 2 amide bonds. The van der Waals surface area contributed by atoms with Gasteiger partial charge in [0, 0.05) is 19.2 Å². The number of benzene rings is 2. The molecule has 0 aromatic heterocycles. The highest BCUT2D eigenvalue weighted by Gasteiger charge is 2.18. The molecule has 0 aliphatic carbocycles. The molecule has 0 aliphatic rings. The van der Waals surface area contributed by atoms with Gasteiger partial charge in [-0.2, -0.15) is 0 Å². The minimum Gasteiger partial charge on any atom is -0.493 e. The Morgan fingerprint density at radius 2 is 1.75 bits per heavy atom. The van der Waals surface area contributed by atoms with E-state index < -0.39 is 0 Å². The lowest BCUT2D eigenvalue weighted by Gasteiger charge is -2.23. The van der Waals surface area contributed by atoms with Crippen molar-refractivity contribution in [3.8, 4) is 11.5 Å². The highest BCUT2D eigenvalue weighted by molar-refractivity contribution is 5.98. The van der Waals surface area contributed by atoms with Gasteiger partial charge in [-0.1, -0.05) is 18.2 Å². The van der Waals surface area contributed by atoms with E-state index in [1.807, 2.05) is 50.2 Å². The van der Waals surface area contributed by atoms with Gasteiger partial charge < -0.3 is 19.7 Å². The summed E-state index contributed by atoms with van der Waals surface area (Å²) in [6.07, 6.45) is 0.648. The molecule has 2 rings (SSSR count). The minimum atomic E-state index is -0.198. The monoisotopic (exact) mass is 384 g/mol. The van der Waals surface area contributed by atoms with E-state index in [9.17, 15) is 9.59 Å². The second-order valence-corrected chi connectivity index (χ2v) is 6.61. The number of rotatable bonds is 8. The maximum Gasteiger partial charge on any atom is 0.240 e. The largest absolute Gasteiger partial charge is 0.493 e. The van der Waals surface area contributed by atoms with Gasteiger partial charge in [-0.25, -0.2) is 0 Å². The molecule has 0 bridgehead atoms. The molecule has 6 heteroatoms. The van der Waals surface area contributed by atoms with Crippen molar-refractivity contribution in [3.05, 3.63) is 53.1 Å². The van der Waals surface area contributed by atoms with Crippen LogP contribution in [0.3, 0.4) is 0 Å². The molecule has 6 nitrogen and oxygen atoms in total. The molecule has 0 unspecified atom stereocenters. The second kappa shape index (κ2) is 9.78. The predicted molar refractivity (Wildman–Crippen MR) is 110 cm³/mol. The molecule has 0 aliphatic heterocycles. The fraction of sp³-hybridized carbons (Fsp3) is 0.364. The average Bonchev–Trinajstić information content (AvgIpc) is 2.68. The number of nitrogens with zero attached hydrogens (tertiary/aromatic N) is 1. The zero-order valence-electron chi connectivity index (χ0n) is 17.2. The highest BCUT2D eigenvalue weighted by atomic mass is 16.5. The van der Waals surface area contributed by atoms with Gasteiger partial charge in [0.05, 0.1) is 14.2 Å². The Bertz CT molecular complexity index is 848. The number of carbonyl (C=O) groups excluding carboxylic acids is 2. The molecular formula is C22H28N2O4. The number of ether oxygens (including phenoxy) is 2. The van der Waals surface area contributed by atoms with E-state index in [2.05, 4.69) is 5.32 Å². The molecule has 28 heavy (non-hydrogen) atoms. The highest BCUT2D eigenvalue weighted by Crippen LogP contribution is 2.27. The van der Waals surface area contributed by atoms with Crippen molar-refractivity contribution in [3.63, 3.8) is 0 Å². The first-order valence-electron chi connectivity index (χ1n) is 9.19. The predicted octanol–water partition coefficient (Wildman–Crippen LogP) is 3.03. The van der Waals surface area contributed by atoms with E-state index in [-0.39, 0.29) is 18.4 Å². The van der Waals surface area contributed by atoms with Crippen molar-refractivity contribution in [1.82, 2.24) is 5.32 Å². The van der Waals surface area contributed by atoms with E-state index in [1.54, 1.807) is 14.2 Å². The van der Waals surface area contributed by atoms with Crippen molar-refractivity contribution in [1.29, 1.82) is 0 Å². The maximum atomic E-state index is 12.4. The van der Waals surface area contributed by atoms with Crippen LogP contribution in [0.2, 0.25) is 0 Å². The number of hydrogen-bond donors (Lipinski definition) is 1. The molecule has 0 radical (unpaired) electrons. The first kappa shape index (κ1) is 21.3. The summed E-state index contributed by atoms with van der Waals surface area (Å²) < 4.78 is 10.5. The Hall–Kier alpha value is -3.02. The number of anilines is 1. The zero-order valence-corrected chi connectivity index (χ0v) is 17.2. The number of methoxy groups -OCH3 is 2. The van der Waals surface area contributed by atoms with Gasteiger partial charge in [-0.15, -0.1) is 0 Å². The van der Waals surface area contributed by atoms with E-state index in [0.717, 1.165) is 22.4 Å². The van der Waals surface area contributed by atoms with Crippen molar-refractivity contribution in [2.75, 3.05) is 32.2 Å². The van der Waals surface area contributed by atoms with Crippen LogP contribution in [-0.2, 0) is 16.0 Å². The Kier molecular flexibility index (Phi) is 7.44. The molecule has 150 valence electrons. The van der Waals surface area contributed by atoms with Gasteiger partial charge in [-0.05, 0) is 55.2 Å². The summed E-state index contributed by atoms with van der Waals surface area (Å²) in [4.78, 5) is 26.0. The number of carbonyl (C=O) groups is 2. The van der Waals surface area contributed by atoms with Crippen LogP contribution < -0.4 is 19.7 Å². The molecule has 0 saturated carbocycles. The minimum absolute atomic E-state index is 0.00837. The van der Waals surface area contributed by atoms with Gasteiger partial charge in [-0.3, -0.25) is 9.59 Å². The van der Waals surface area contributed by atoms with Gasteiger partial charge in [0.2, 0.25) is 11.8 Å². The summed E-state index contributed by atoms with van der Waals surface area (Å²) in [7, 11) is 3.18. The molecule has 2 aromatic rings. The van der Waals surface area contributed by atoms with Gasteiger partial charge in [0.1, 0.15) is 6.54 Å². The third-order valence-electron chi connectivity index (χ3n) is 4.73. The normalized spacial score (nSPS) is 10.3. The fourth-order valence-electron chi connectivity index (χ4n) is 2.98. The lowest BCUT2D eigenvalue weighted by molar-refractivity contribution is -0.123. The number of nitrogens with one attached hydrogen (secondary N) is 1. The van der Waals surface area contributed by atoms with Crippen molar-refractivity contribution < 1.29 is 19.1 Å². The molecule has 0 fully saturated rings. The number of aryl methyl sites for hydroxylation is 1. The molecular weight excluding hydrogens is 356 g/mol. The maximum absolute atomic E-state index is 12.4. The summed E-state index contributed by atoms with van der Waals surface area (Å²) in [5.41, 5.74) is 3.87. The molecule has 0 spiro atoms. The third-order valence-corrected chi connectivity index (χ3v) is 4.73. The zero-order chi connectivity index (χ0) is 20.7. The summed E-state index contributed by atoms with van der Waals surface area (Å²) in [5.74, 6) is 0.963. The molecule has 0 saturated heterocycles. The van der Waals surface area contributed by atoms with E-state index >= 15 is 0 Å². The Labute approximate surface area is 166 Å². The van der Waals surface area contributed by atoms with Crippen molar-refractivity contribution in [2.45, 2.75) is 27.2 Å². The molecule has 2 aromatic carbocycles. The fourth-order valence-corrected chi connectivity index (χ4v) is 2.98. The van der Waals surface area contributed by atoms with E-state index in [4.69, 9.17) is 9.47 Å². The first-order chi connectivity index (χ1) is 13.4. The van der Waals surface area contributed by atoms with Crippen LogP contribution in [0.25, 0.3) is 0 Å². The lowest BCUT2D eigenvalue weighted by atomic mass is 10.1. The van der Waals surface area contributed by atoms with E-state index in [0.29, 0.717) is 24.5 Å². The van der Waals surface area contributed by atoms with Crippen molar-refractivity contribution in [2.24, 2.45) is 0 Å². The number of hydrogen-bond acceptors (Lipinski definition) is 4. The van der Waals surface area contributed by atoms with Crippen molar-refractivity contribution >= 4 is 17.5 Å². The van der Waals surface area contributed by atoms with Crippen LogP contribution in [0.5, 0.6) is 11.5 Å². The van der Waals surface area contributed by atoms with Crippen LogP contribution in [0, 0.1) is 13.8 Å². The molecule has 0 atom stereocenters. The first-order valence-corrected chi connectivity index (χ1v) is 9.19. The SMILES string of the molecule is COc1ccc(CCNC(=O)CN(C(C)=O)c2cccc(C)c2C)cc1OC. The van der Waals surface area contributed by atoms with E-state index in [1.165, 1.54) is 11.8 Å². The topological polar surface area (TPSA) is 67.9 Å². The number of amides is 2. The molecule has 0 heterocycles. The van der Waals surface area contributed by atoms with Crippen LogP contribution in [0.4, 0.5) is 5.69 Å². The van der Waals surface area contributed by atoms with Crippen LogP contribution >= 0.6 is 0 Å². The van der Waals surface area contributed by atoms with Crippen LogP contribution in [0.1, 0.15) is 23.6 Å². The Balaban J connectivity index is 1.97. The summed E-state index contributed by atoms with van der Waals surface area (Å²) >= 11 is 0. The van der Waals surface area contributed by atoms with Crippen LogP contribution in [-0.4, -0.2) is 39.1 Å². The quantitative estimate of drug-likeness (QED) is 0.760. The standard InChI is InChI=1S/C22H28N2O4/c1-15-7-6-8-19(16(15)2)24(17(3)25)14-22(26)23-12-11-18-9-10-20(27-4)21(13-18)28-5/h6-10,13H,11-12,14H2,1-5H3,(H,23,26). The van der Waals surface area contributed by atoms with Crippen LogP contribution in [0.15, 0.2) is 36.4 Å². The summed E-state index contributed by atoms with van der Waals surface area (Å²) in [6.45, 7) is 5.87. The van der Waals surface area contributed by atoms with Gasteiger partial charge >= 0.3 is 0 Å². The van der Waals surface area contributed by atoms with Gasteiger partial charge in [0.15, 0.2) is 11.5 Å². The Morgan fingerprint density at radius 1 is 1.04 bits per heavy atom. The summed E-state index contributed by atoms with van der Waals surface area (Å²) in [6, 6.07) is 11.4. The second-order valence-electron chi connectivity index (χ2n) is 6.61. The molecule has 1 N–H and O–H groups in total. The third kappa shape index (κ3) is 5.25. The van der Waals surface area contributed by atoms with Gasteiger partial charge in [0.25, 0.3) is 0 Å². The smallest absolute Gasteiger partial charge is 0.240 e. The average molecular weight is 384 g/mol. The summed E-state index contributed by atoms with van der Waals surface area (Å²) in [5, 5.41) is 2.88. The Morgan fingerprint density at radius 3 is 2.39 bits per heavy atom.